The minimum atomic E-state index is -0.302. The number of aryl methyl sites for hydroxylation is 1. The number of ketones is 1. The van der Waals surface area contributed by atoms with E-state index >= 15 is 0 Å². The first-order chi connectivity index (χ1) is 16.7. The lowest BCUT2D eigenvalue weighted by Crippen LogP contribution is -2.37. The van der Waals surface area contributed by atoms with E-state index in [0.29, 0.717) is 5.56 Å². The molecule has 1 aromatic heterocycles. The van der Waals surface area contributed by atoms with Gasteiger partial charge in [0.2, 0.25) is 0 Å². The predicted octanol–water partition coefficient (Wildman–Crippen LogP) is 5.75. The fourth-order valence-electron chi connectivity index (χ4n) is 5.01. The Kier molecular flexibility index (Phi) is 6.82. The number of Topliss-reactive ketones (excluding diaryl/α,β-unsaturated/α-hetero) is 1. The quantitative estimate of drug-likeness (QED) is 0.318. The normalized spacial score (nSPS) is 15.1. The van der Waals surface area contributed by atoms with Crippen LogP contribution < -0.4 is 0 Å². The molecule has 0 amide bonds. The molecule has 0 atom stereocenters. The number of imidazole rings is 1. The third-order valence-corrected chi connectivity index (χ3v) is 6.88. The fraction of sp³-hybridized carbons (Fsp3) is 0.310. The standard InChI is InChI=1S/C29H30FN3O/c30-25-13-11-23(12-14-25)29(34)24-15-19-32(20-16-24)17-6-18-33-27-10-5-4-9-26(27)31-28(33)21-22-7-2-1-3-8-22/h1-5,7-14,24H,6,15-21H2. The highest BCUT2D eigenvalue weighted by Gasteiger charge is 2.25. The van der Waals surface area contributed by atoms with Crippen LogP contribution in [0.2, 0.25) is 0 Å². The van der Waals surface area contributed by atoms with E-state index in [1.165, 1.54) is 23.2 Å². The van der Waals surface area contributed by atoms with E-state index in [1.807, 2.05) is 12.1 Å². The number of halogens is 1. The van der Waals surface area contributed by atoms with Gasteiger partial charge in [-0.1, -0.05) is 42.5 Å². The number of para-hydroxylation sites is 2. The van der Waals surface area contributed by atoms with Crippen molar-refractivity contribution in [3.05, 3.63) is 102 Å². The number of aromatic nitrogens is 2. The van der Waals surface area contributed by atoms with Crippen LogP contribution in [0.1, 0.15) is 41.0 Å². The van der Waals surface area contributed by atoms with Gasteiger partial charge in [-0.2, -0.15) is 0 Å². The summed E-state index contributed by atoms with van der Waals surface area (Å²) in [6.07, 6.45) is 3.60. The third kappa shape index (κ3) is 5.10. The van der Waals surface area contributed by atoms with Gasteiger partial charge in [-0.05, 0) is 80.9 Å². The van der Waals surface area contributed by atoms with Gasteiger partial charge in [0.15, 0.2) is 5.78 Å². The molecule has 0 bridgehead atoms. The lowest BCUT2D eigenvalue weighted by molar-refractivity contribution is 0.0838. The number of carbonyl (C=O) groups is 1. The van der Waals surface area contributed by atoms with Crippen molar-refractivity contribution in [3.8, 4) is 0 Å². The third-order valence-electron chi connectivity index (χ3n) is 6.88. The molecule has 5 heteroatoms. The van der Waals surface area contributed by atoms with Crippen LogP contribution in [0.25, 0.3) is 11.0 Å². The van der Waals surface area contributed by atoms with Crippen molar-refractivity contribution in [2.45, 2.75) is 32.2 Å². The summed E-state index contributed by atoms with van der Waals surface area (Å²) in [5.74, 6) is 0.992. The van der Waals surface area contributed by atoms with Crippen molar-refractivity contribution in [2.24, 2.45) is 5.92 Å². The SMILES string of the molecule is O=C(c1ccc(F)cc1)C1CCN(CCCn2c(Cc3ccccc3)nc3ccccc32)CC1. The first kappa shape index (κ1) is 22.5. The second-order valence-corrected chi connectivity index (χ2v) is 9.17. The van der Waals surface area contributed by atoms with E-state index in [0.717, 1.165) is 63.2 Å². The van der Waals surface area contributed by atoms with E-state index in [1.54, 1.807) is 12.1 Å². The molecule has 3 aromatic carbocycles. The Morgan fingerprint density at radius 2 is 1.59 bits per heavy atom. The lowest BCUT2D eigenvalue weighted by atomic mass is 9.89. The Hall–Kier alpha value is -3.31. The number of carbonyl (C=O) groups excluding carboxylic acids is 1. The van der Waals surface area contributed by atoms with Crippen molar-refractivity contribution in [1.82, 2.24) is 14.5 Å². The number of rotatable bonds is 8. The Labute approximate surface area is 200 Å². The molecule has 174 valence electrons. The molecule has 0 spiro atoms. The van der Waals surface area contributed by atoms with Crippen molar-refractivity contribution >= 4 is 16.8 Å². The van der Waals surface area contributed by atoms with Gasteiger partial charge in [0.1, 0.15) is 11.6 Å². The molecule has 4 aromatic rings. The minimum Gasteiger partial charge on any atom is -0.328 e. The molecule has 1 aliphatic heterocycles. The molecular formula is C29H30FN3O. The summed E-state index contributed by atoms with van der Waals surface area (Å²) < 4.78 is 15.5. The summed E-state index contributed by atoms with van der Waals surface area (Å²) in [6, 6.07) is 24.8. The number of nitrogens with zero attached hydrogens (tertiary/aromatic N) is 3. The molecule has 34 heavy (non-hydrogen) atoms. The molecule has 1 aliphatic rings. The van der Waals surface area contributed by atoms with Gasteiger partial charge in [0.25, 0.3) is 0 Å². The van der Waals surface area contributed by atoms with Gasteiger partial charge >= 0.3 is 0 Å². The van der Waals surface area contributed by atoms with E-state index in [4.69, 9.17) is 4.98 Å². The molecule has 5 rings (SSSR count). The van der Waals surface area contributed by atoms with Crippen LogP contribution in [0.5, 0.6) is 0 Å². The molecule has 1 fully saturated rings. The predicted molar refractivity (Wildman–Crippen MR) is 133 cm³/mol. The lowest BCUT2D eigenvalue weighted by Gasteiger charge is -2.31. The average Bonchev–Trinajstić information content (AvgIpc) is 3.22. The Balaban J connectivity index is 1.18. The van der Waals surface area contributed by atoms with Gasteiger partial charge in [0, 0.05) is 24.4 Å². The van der Waals surface area contributed by atoms with Crippen LogP contribution in [0.4, 0.5) is 4.39 Å². The average molecular weight is 456 g/mol. The van der Waals surface area contributed by atoms with Crippen molar-refractivity contribution in [3.63, 3.8) is 0 Å². The molecule has 0 saturated carbocycles. The second kappa shape index (κ2) is 10.3. The molecule has 4 nitrogen and oxygen atoms in total. The highest BCUT2D eigenvalue weighted by molar-refractivity contribution is 5.97. The van der Waals surface area contributed by atoms with E-state index in [9.17, 15) is 9.18 Å². The fourth-order valence-corrected chi connectivity index (χ4v) is 5.01. The highest BCUT2D eigenvalue weighted by Crippen LogP contribution is 2.23. The van der Waals surface area contributed by atoms with Crippen LogP contribution in [0.3, 0.4) is 0 Å². The molecule has 0 unspecified atom stereocenters. The maximum absolute atomic E-state index is 13.2. The van der Waals surface area contributed by atoms with Crippen LogP contribution in [0.15, 0.2) is 78.9 Å². The number of benzene rings is 3. The van der Waals surface area contributed by atoms with E-state index in [-0.39, 0.29) is 17.5 Å². The number of hydrogen-bond acceptors (Lipinski definition) is 3. The van der Waals surface area contributed by atoms with Gasteiger partial charge in [0.05, 0.1) is 11.0 Å². The van der Waals surface area contributed by atoms with E-state index in [2.05, 4.69) is 51.9 Å². The number of fused-ring (bicyclic) bond motifs is 1. The zero-order valence-corrected chi connectivity index (χ0v) is 19.4. The molecular weight excluding hydrogens is 425 g/mol. The largest absolute Gasteiger partial charge is 0.328 e. The summed E-state index contributed by atoms with van der Waals surface area (Å²) in [5, 5.41) is 0. The molecule has 0 radical (unpaired) electrons. The van der Waals surface area contributed by atoms with Crippen molar-refractivity contribution < 1.29 is 9.18 Å². The van der Waals surface area contributed by atoms with Crippen molar-refractivity contribution in [2.75, 3.05) is 19.6 Å². The smallest absolute Gasteiger partial charge is 0.166 e. The molecule has 2 heterocycles. The van der Waals surface area contributed by atoms with Crippen LogP contribution in [0, 0.1) is 11.7 Å². The summed E-state index contributed by atoms with van der Waals surface area (Å²) in [6.45, 7) is 3.80. The Morgan fingerprint density at radius 3 is 2.35 bits per heavy atom. The van der Waals surface area contributed by atoms with Crippen molar-refractivity contribution in [1.29, 1.82) is 0 Å². The molecule has 0 N–H and O–H groups in total. The summed E-state index contributed by atoms with van der Waals surface area (Å²) in [5.41, 5.74) is 4.13. The first-order valence-corrected chi connectivity index (χ1v) is 12.2. The maximum atomic E-state index is 13.2. The second-order valence-electron chi connectivity index (χ2n) is 9.17. The topological polar surface area (TPSA) is 38.1 Å². The zero-order chi connectivity index (χ0) is 23.3. The first-order valence-electron chi connectivity index (χ1n) is 12.2. The van der Waals surface area contributed by atoms with Gasteiger partial charge in [-0.3, -0.25) is 4.79 Å². The Morgan fingerprint density at radius 1 is 0.882 bits per heavy atom. The number of likely N-dealkylation sites (tertiary alicyclic amines) is 1. The van der Waals surface area contributed by atoms with Gasteiger partial charge < -0.3 is 9.47 Å². The number of hydrogen-bond donors (Lipinski definition) is 0. The highest BCUT2D eigenvalue weighted by atomic mass is 19.1. The minimum absolute atomic E-state index is 0.0387. The van der Waals surface area contributed by atoms with Gasteiger partial charge in [-0.25, -0.2) is 9.37 Å². The van der Waals surface area contributed by atoms with Crippen LogP contribution in [-0.4, -0.2) is 39.9 Å². The summed E-state index contributed by atoms with van der Waals surface area (Å²) in [4.78, 5) is 20.1. The van der Waals surface area contributed by atoms with E-state index < -0.39 is 0 Å². The maximum Gasteiger partial charge on any atom is 0.166 e. The van der Waals surface area contributed by atoms with Crippen LogP contribution >= 0.6 is 0 Å². The molecule has 0 aliphatic carbocycles. The van der Waals surface area contributed by atoms with Gasteiger partial charge in [-0.15, -0.1) is 0 Å². The number of piperidine rings is 1. The Bertz CT molecular complexity index is 1240. The van der Waals surface area contributed by atoms with Crippen LogP contribution in [-0.2, 0) is 13.0 Å². The summed E-state index contributed by atoms with van der Waals surface area (Å²) >= 11 is 0. The molecule has 1 saturated heterocycles. The monoisotopic (exact) mass is 455 g/mol. The zero-order valence-electron chi connectivity index (χ0n) is 19.4. The summed E-state index contributed by atoms with van der Waals surface area (Å²) in [7, 11) is 0.